The maximum Gasteiger partial charge on any atom is 0.226 e. The van der Waals surface area contributed by atoms with E-state index in [1.807, 2.05) is 0 Å². The molecule has 2 aromatic carbocycles. The van der Waals surface area contributed by atoms with E-state index in [0.717, 1.165) is 12.5 Å². The molecule has 0 radical (unpaired) electrons. The van der Waals surface area contributed by atoms with E-state index in [-0.39, 0.29) is 23.3 Å². The molecule has 0 aliphatic rings. The fourth-order valence-electron chi connectivity index (χ4n) is 2.58. The highest BCUT2D eigenvalue weighted by molar-refractivity contribution is 5.94. The summed E-state index contributed by atoms with van der Waals surface area (Å²) in [6, 6.07) is 9.54. The number of carbonyl (C=O) groups is 2. The number of unbranched alkanes of at least 4 members (excludes halogenated alkanes) is 2. The number of nitrogens with two attached hydrogens (primary N) is 1. The zero-order valence-corrected chi connectivity index (χ0v) is 15.2. The smallest absolute Gasteiger partial charge is 0.226 e. The van der Waals surface area contributed by atoms with Crippen molar-refractivity contribution in [3.63, 3.8) is 0 Å². The van der Waals surface area contributed by atoms with Crippen molar-refractivity contribution in [3.8, 4) is 0 Å². The molecule has 2 amide bonds. The summed E-state index contributed by atoms with van der Waals surface area (Å²) < 4.78 is 25.9. The van der Waals surface area contributed by atoms with Gasteiger partial charge in [-0.2, -0.15) is 0 Å². The van der Waals surface area contributed by atoms with Crippen molar-refractivity contribution in [3.05, 3.63) is 54.1 Å². The maximum atomic E-state index is 13.0. The molecule has 3 N–H and O–H groups in total. The molecule has 0 saturated heterocycles. The Morgan fingerprint density at radius 1 is 0.963 bits per heavy atom. The Labute approximate surface area is 157 Å². The van der Waals surface area contributed by atoms with Gasteiger partial charge in [-0.1, -0.05) is 6.42 Å². The van der Waals surface area contributed by atoms with Crippen molar-refractivity contribution in [2.24, 2.45) is 0 Å². The van der Waals surface area contributed by atoms with Gasteiger partial charge in [-0.15, -0.1) is 0 Å². The Kier molecular flexibility index (Phi) is 7.28. The fraction of sp³-hybridized carbons (Fsp3) is 0.300. The van der Waals surface area contributed by atoms with Crippen LogP contribution in [-0.2, 0) is 9.59 Å². The lowest BCUT2D eigenvalue weighted by molar-refractivity contribution is -0.118. The summed E-state index contributed by atoms with van der Waals surface area (Å²) in [6.45, 7) is 0. The van der Waals surface area contributed by atoms with Crippen molar-refractivity contribution in [2.75, 3.05) is 23.0 Å². The topological polar surface area (TPSA) is 75.4 Å². The molecule has 0 fully saturated rings. The quantitative estimate of drug-likeness (QED) is 0.539. The number of hydrogen-bond donors (Lipinski definition) is 2. The van der Waals surface area contributed by atoms with Gasteiger partial charge in [0.15, 0.2) is 0 Å². The van der Waals surface area contributed by atoms with Crippen LogP contribution < -0.4 is 16.0 Å². The van der Waals surface area contributed by atoms with Gasteiger partial charge >= 0.3 is 0 Å². The second kappa shape index (κ2) is 9.66. The fourth-order valence-corrected chi connectivity index (χ4v) is 2.58. The van der Waals surface area contributed by atoms with Gasteiger partial charge in [0.2, 0.25) is 11.8 Å². The van der Waals surface area contributed by atoms with E-state index < -0.39 is 5.82 Å². The average molecular weight is 375 g/mol. The van der Waals surface area contributed by atoms with Gasteiger partial charge in [-0.25, -0.2) is 8.78 Å². The van der Waals surface area contributed by atoms with Crippen LogP contribution in [0, 0.1) is 11.6 Å². The van der Waals surface area contributed by atoms with Crippen molar-refractivity contribution < 1.29 is 18.4 Å². The third kappa shape index (κ3) is 6.36. The molecule has 0 saturated carbocycles. The molecule has 7 heteroatoms. The minimum absolute atomic E-state index is 0.0647. The molecule has 0 aromatic heterocycles. The highest BCUT2D eigenvalue weighted by atomic mass is 19.1. The van der Waals surface area contributed by atoms with Crippen molar-refractivity contribution in [1.29, 1.82) is 0 Å². The highest BCUT2D eigenvalue weighted by Crippen LogP contribution is 2.20. The van der Waals surface area contributed by atoms with Crippen LogP contribution in [0.5, 0.6) is 0 Å². The van der Waals surface area contributed by atoms with E-state index in [0.29, 0.717) is 37.1 Å². The van der Waals surface area contributed by atoms with Crippen molar-refractivity contribution in [2.45, 2.75) is 32.1 Å². The zero-order chi connectivity index (χ0) is 19.8. The van der Waals surface area contributed by atoms with E-state index >= 15 is 0 Å². The number of carbonyl (C=O) groups excluding carboxylic acids is 2. The summed E-state index contributed by atoms with van der Waals surface area (Å²) in [7, 11) is 1.65. The number of halogens is 2. The van der Waals surface area contributed by atoms with Crippen LogP contribution in [0.1, 0.15) is 32.1 Å². The number of anilines is 3. The summed E-state index contributed by atoms with van der Waals surface area (Å²) in [4.78, 5) is 25.5. The normalized spacial score (nSPS) is 10.5. The number of benzene rings is 2. The molecule has 0 unspecified atom stereocenters. The molecule has 2 aromatic rings. The second-order valence-corrected chi connectivity index (χ2v) is 6.27. The lowest BCUT2D eigenvalue weighted by Crippen LogP contribution is -2.25. The predicted octanol–water partition coefficient (Wildman–Crippen LogP) is 4.10. The number of amides is 2. The molecule has 0 atom stereocenters. The number of nitrogen functional groups attached to an aromatic ring is 1. The molecular weight excluding hydrogens is 352 g/mol. The molecule has 0 aliphatic carbocycles. The van der Waals surface area contributed by atoms with Gasteiger partial charge in [-0.3, -0.25) is 9.59 Å². The Balaban J connectivity index is 1.66. The van der Waals surface area contributed by atoms with Gasteiger partial charge in [0.25, 0.3) is 0 Å². The zero-order valence-electron chi connectivity index (χ0n) is 15.2. The summed E-state index contributed by atoms with van der Waals surface area (Å²) in [5, 5.41) is 2.64. The summed E-state index contributed by atoms with van der Waals surface area (Å²) in [5.41, 5.74) is 6.85. The SMILES string of the molecule is CN(C(=O)CCCCCC(=O)Nc1ccc(F)cc1N)c1ccc(F)cc1. The summed E-state index contributed by atoms with van der Waals surface area (Å²) in [6.07, 6.45) is 2.63. The average Bonchev–Trinajstić information content (AvgIpc) is 2.63. The monoisotopic (exact) mass is 375 g/mol. The Bertz CT molecular complexity index is 794. The van der Waals surface area contributed by atoms with E-state index in [9.17, 15) is 18.4 Å². The maximum absolute atomic E-state index is 13.0. The van der Waals surface area contributed by atoms with Crippen LogP contribution >= 0.6 is 0 Å². The Morgan fingerprint density at radius 2 is 1.59 bits per heavy atom. The summed E-state index contributed by atoms with van der Waals surface area (Å²) in [5.74, 6) is -1.07. The third-order valence-corrected chi connectivity index (χ3v) is 4.17. The van der Waals surface area contributed by atoms with Gasteiger partial charge in [-0.05, 0) is 55.3 Å². The molecule has 0 spiro atoms. The molecule has 144 valence electrons. The highest BCUT2D eigenvalue weighted by Gasteiger charge is 2.11. The van der Waals surface area contributed by atoms with E-state index in [2.05, 4.69) is 5.32 Å². The molecule has 2 rings (SSSR count). The van der Waals surface area contributed by atoms with Crippen LogP contribution in [0.15, 0.2) is 42.5 Å². The van der Waals surface area contributed by atoms with Gasteiger partial charge in [0, 0.05) is 25.6 Å². The molecule has 0 bridgehead atoms. The molecule has 0 aliphatic heterocycles. The minimum atomic E-state index is -0.458. The van der Waals surface area contributed by atoms with Crippen molar-refractivity contribution >= 4 is 28.9 Å². The van der Waals surface area contributed by atoms with Crippen LogP contribution in [0.4, 0.5) is 25.8 Å². The van der Waals surface area contributed by atoms with E-state index in [1.54, 1.807) is 19.2 Å². The van der Waals surface area contributed by atoms with Gasteiger partial charge < -0.3 is 16.0 Å². The molecular formula is C20H23F2N3O2. The van der Waals surface area contributed by atoms with Gasteiger partial charge in [0.1, 0.15) is 11.6 Å². The third-order valence-electron chi connectivity index (χ3n) is 4.17. The van der Waals surface area contributed by atoms with Crippen molar-refractivity contribution in [1.82, 2.24) is 0 Å². The second-order valence-electron chi connectivity index (χ2n) is 6.27. The number of hydrogen-bond acceptors (Lipinski definition) is 3. The first-order valence-electron chi connectivity index (χ1n) is 8.74. The Hall–Kier alpha value is -2.96. The van der Waals surface area contributed by atoms with Gasteiger partial charge in [0.05, 0.1) is 11.4 Å². The number of nitrogens with zero attached hydrogens (tertiary/aromatic N) is 1. The standard InChI is InChI=1S/C20H23F2N3O2/c1-25(16-10-7-14(21)8-11-16)20(27)6-4-2-3-5-19(26)24-18-12-9-15(22)13-17(18)23/h7-13H,2-6,23H2,1H3,(H,24,26). The van der Waals surface area contributed by atoms with Crippen LogP contribution in [-0.4, -0.2) is 18.9 Å². The predicted molar refractivity (Wildman–Crippen MR) is 102 cm³/mol. The van der Waals surface area contributed by atoms with Crippen LogP contribution in [0.2, 0.25) is 0 Å². The first-order chi connectivity index (χ1) is 12.9. The lowest BCUT2D eigenvalue weighted by atomic mass is 10.1. The van der Waals surface area contributed by atoms with E-state index in [4.69, 9.17) is 5.73 Å². The molecule has 5 nitrogen and oxygen atoms in total. The lowest BCUT2D eigenvalue weighted by Gasteiger charge is -2.17. The number of nitrogens with one attached hydrogen (secondary N) is 1. The summed E-state index contributed by atoms with van der Waals surface area (Å²) >= 11 is 0. The molecule has 0 heterocycles. The molecule has 27 heavy (non-hydrogen) atoms. The first kappa shape index (κ1) is 20.4. The van der Waals surface area contributed by atoms with Crippen LogP contribution in [0.3, 0.4) is 0 Å². The number of rotatable bonds is 8. The Morgan fingerprint density at radius 3 is 2.26 bits per heavy atom. The minimum Gasteiger partial charge on any atom is -0.397 e. The van der Waals surface area contributed by atoms with Crippen LogP contribution in [0.25, 0.3) is 0 Å². The largest absolute Gasteiger partial charge is 0.397 e. The van der Waals surface area contributed by atoms with E-state index in [1.165, 1.54) is 29.2 Å². The first-order valence-corrected chi connectivity index (χ1v) is 8.74.